The van der Waals surface area contributed by atoms with Gasteiger partial charge in [-0.15, -0.1) is 0 Å². The topological polar surface area (TPSA) is 82.8 Å². The number of allylic oxidation sites excluding steroid dienone is 1. The van der Waals surface area contributed by atoms with Crippen LogP contribution in [0.3, 0.4) is 0 Å². The highest BCUT2D eigenvalue weighted by molar-refractivity contribution is 7.07. The van der Waals surface area contributed by atoms with Crippen LogP contribution in [-0.2, 0) is 9.53 Å². The zero-order valence-electron chi connectivity index (χ0n) is 18.2. The van der Waals surface area contributed by atoms with E-state index in [1.165, 1.54) is 11.3 Å². The Labute approximate surface area is 189 Å². The number of thiazole rings is 1. The number of benzene rings is 1. The Hall–Kier alpha value is -3.52. The van der Waals surface area contributed by atoms with E-state index in [0.29, 0.717) is 26.4 Å². The minimum atomic E-state index is -0.650. The van der Waals surface area contributed by atoms with Gasteiger partial charge < -0.3 is 9.47 Å². The molecule has 164 valence electrons. The lowest BCUT2D eigenvalue weighted by molar-refractivity contribution is -0.143. The molecular weight excluding hydrogens is 426 g/mol. The number of esters is 1. The number of carbonyl (C=O) groups is 1. The van der Waals surface area contributed by atoms with Gasteiger partial charge in [-0.3, -0.25) is 14.3 Å². The minimum absolute atomic E-state index is 0.214. The summed E-state index contributed by atoms with van der Waals surface area (Å²) in [5.74, 6) is 0.205. The van der Waals surface area contributed by atoms with Gasteiger partial charge in [0.05, 0.1) is 35.1 Å². The molecule has 0 saturated heterocycles. The lowest BCUT2D eigenvalue weighted by Gasteiger charge is -2.25. The molecule has 0 fully saturated rings. The molecule has 0 bridgehead atoms. The van der Waals surface area contributed by atoms with Crippen LogP contribution in [0.2, 0.25) is 0 Å². The van der Waals surface area contributed by atoms with Crippen molar-refractivity contribution in [1.29, 1.82) is 0 Å². The van der Waals surface area contributed by atoms with Crippen LogP contribution in [0.25, 0.3) is 6.08 Å². The molecule has 0 unspecified atom stereocenters. The average Bonchev–Trinajstić information content (AvgIpc) is 3.07. The minimum Gasteiger partial charge on any atom is -0.497 e. The number of pyridine rings is 1. The largest absolute Gasteiger partial charge is 0.497 e. The van der Waals surface area contributed by atoms with Gasteiger partial charge in [-0.05, 0) is 62.2 Å². The molecule has 8 heteroatoms. The fourth-order valence-electron chi connectivity index (χ4n) is 3.57. The lowest BCUT2D eigenvalue weighted by atomic mass is 9.96. The van der Waals surface area contributed by atoms with Crippen LogP contribution in [0.4, 0.5) is 0 Å². The van der Waals surface area contributed by atoms with Crippen LogP contribution >= 0.6 is 11.3 Å². The highest BCUT2D eigenvalue weighted by Crippen LogP contribution is 2.31. The van der Waals surface area contributed by atoms with Gasteiger partial charge in [-0.25, -0.2) is 9.79 Å². The average molecular weight is 450 g/mol. The zero-order chi connectivity index (χ0) is 22.8. The van der Waals surface area contributed by atoms with Crippen molar-refractivity contribution in [3.05, 3.63) is 90.9 Å². The fourth-order valence-corrected chi connectivity index (χ4v) is 4.62. The van der Waals surface area contributed by atoms with Crippen molar-refractivity contribution in [2.75, 3.05) is 7.11 Å². The van der Waals surface area contributed by atoms with Gasteiger partial charge in [0, 0.05) is 12.4 Å². The molecule has 7 nitrogen and oxygen atoms in total. The second-order valence-corrected chi connectivity index (χ2v) is 8.60. The molecule has 4 rings (SSSR count). The SMILES string of the molecule is COc1ccc([C@H]2C(C(=O)OC(C)C)=C(C)N=c3sc(=Cc4ccncc4)c(=O)n32)cc1. The second kappa shape index (κ2) is 8.92. The van der Waals surface area contributed by atoms with Crippen molar-refractivity contribution in [1.82, 2.24) is 9.55 Å². The van der Waals surface area contributed by atoms with Crippen molar-refractivity contribution in [3.63, 3.8) is 0 Å². The van der Waals surface area contributed by atoms with Crippen LogP contribution in [-0.4, -0.2) is 28.7 Å². The summed E-state index contributed by atoms with van der Waals surface area (Å²) in [5, 5.41) is 0. The number of nitrogens with zero attached hydrogens (tertiary/aromatic N) is 3. The molecule has 1 aromatic carbocycles. The van der Waals surface area contributed by atoms with E-state index in [1.807, 2.05) is 42.5 Å². The summed E-state index contributed by atoms with van der Waals surface area (Å²) >= 11 is 1.29. The van der Waals surface area contributed by atoms with Crippen LogP contribution in [0, 0.1) is 0 Å². The van der Waals surface area contributed by atoms with E-state index >= 15 is 0 Å². The highest BCUT2D eigenvalue weighted by atomic mass is 32.1. The molecule has 1 aliphatic rings. The van der Waals surface area contributed by atoms with E-state index in [4.69, 9.17) is 9.47 Å². The second-order valence-electron chi connectivity index (χ2n) is 7.59. The van der Waals surface area contributed by atoms with Gasteiger partial charge in [0.1, 0.15) is 5.75 Å². The van der Waals surface area contributed by atoms with Crippen LogP contribution in [0.5, 0.6) is 5.75 Å². The molecule has 0 spiro atoms. The number of aromatic nitrogens is 2. The van der Waals surface area contributed by atoms with E-state index in [1.54, 1.807) is 44.8 Å². The first-order chi connectivity index (χ1) is 15.4. The van der Waals surface area contributed by atoms with E-state index in [0.717, 1.165) is 11.1 Å². The maximum absolute atomic E-state index is 13.5. The predicted molar refractivity (Wildman–Crippen MR) is 122 cm³/mol. The highest BCUT2D eigenvalue weighted by Gasteiger charge is 2.33. The summed E-state index contributed by atoms with van der Waals surface area (Å²) in [7, 11) is 1.59. The Balaban J connectivity index is 1.94. The van der Waals surface area contributed by atoms with Crippen molar-refractivity contribution < 1.29 is 14.3 Å². The monoisotopic (exact) mass is 449 g/mol. The number of methoxy groups -OCH3 is 1. The van der Waals surface area contributed by atoms with Gasteiger partial charge in [0.25, 0.3) is 5.56 Å². The van der Waals surface area contributed by atoms with Crippen molar-refractivity contribution in [3.8, 4) is 5.75 Å². The molecule has 0 saturated carbocycles. The van der Waals surface area contributed by atoms with E-state index < -0.39 is 12.0 Å². The molecule has 0 N–H and O–H groups in total. The van der Waals surface area contributed by atoms with Crippen molar-refractivity contribution >= 4 is 23.4 Å². The summed E-state index contributed by atoms with van der Waals surface area (Å²) < 4.78 is 12.9. The normalized spacial score (nSPS) is 16.0. The fraction of sp³-hybridized carbons (Fsp3) is 0.250. The molecule has 2 aromatic heterocycles. The molecule has 0 amide bonds. The van der Waals surface area contributed by atoms with Gasteiger partial charge in [-0.2, -0.15) is 0 Å². The van der Waals surface area contributed by atoms with Gasteiger partial charge in [-0.1, -0.05) is 23.5 Å². The number of hydrogen-bond donors (Lipinski definition) is 0. The molecule has 1 atom stereocenters. The first-order valence-electron chi connectivity index (χ1n) is 10.2. The lowest BCUT2D eigenvalue weighted by Crippen LogP contribution is -2.40. The molecular formula is C24H23N3O4S. The van der Waals surface area contributed by atoms with Gasteiger partial charge >= 0.3 is 5.97 Å². The maximum Gasteiger partial charge on any atom is 0.338 e. The number of ether oxygens (including phenoxy) is 2. The van der Waals surface area contributed by atoms with E-state index in [9.17, 15) is 9.59 Å². The molecule has 3 aromatic rings. The summed E-state index contributed by atoms with van der Waals surface area (Å²) in [5.41, 5.74) is 2.31. The van der Waals surface area contributed by atoms with E-state index in [2.05, 4.69) is 9.98 Å². The Morgan fingerprint density at radius 2 is 1.84 bits per heavy atom. The van der Waals surface area contributed by atoms with Gasteiger partial charge in [0.2, 0.25) is 0 Å². The Bertz CT molecular complexity index is 1350. The van der Waals surface area contributed by atoms with Crippen LogP contribution < -0.4 is 19.6 Å². The zero-order valence-corrected chi connectivity index (χ0v) is 19.1. The summed E-state index contributed by atoms with van der Waals surface area (Å²) in [4.78, 5) is 35.7. The smallest absolute Gasteiger partial charge is 0.338 e. The molecule has 0 aliphatic carbocycles. The molecule has 32 heavy (non-hydrogen) atoms. The third-order valence-corrected chi connectivity index (χ3v) is 6.00. The number of fused-ring (bicyclic) bond motifs is 1. The van der Waals surface area contributed by atoms with Crippen LogP contribution in [0.1, 0.15) is 37.9 Å². The Kier molecular flexibility index (Phi) is 6.05. The third-order valence-electron chi connectivity index (χ3n) is 5.02. The third kappa shape index (κ3) is 4.13. The standard InChI is InChI=1S/C24H23N3O4S/c1-14(2)31-23(29)20-15(3)26-24-27(21(20)17-5-7-18(30-4)8-6-17)22(28)19(32-24)13-16-9-11-25-12-10-16/h5-14,21H,1-4H3/t21-/m0/s1. The summed E-state index contributed by atoms with van der Waals surface area (Å²) in [6.07, 6.45) is 4.86. The predicted octanol–water partition coefficient (Wildman–Crippen LogP) is 2.59. The van der Waals surface area contributed by atoms with Gasteiger partial charge in [0.15, 0.2) is 4.80 Å². The number of rotatable bonds is 5. The number of hydrogen-bond acceptors (Lipinski definition) is 7. The Morgan fingerprint density at radius 1 is 1.16 bits per heavy atom. The number of carbonyl (C=O) groups excluding carboxylic acids is 1. The maximum atomic E-state index is 13.5. The summed E-state index contributed by atoms with van der Waals surface area (Å²) in [6, 6.07) is 10.3. The Morgan fingerprint density at radius 3 is 2.47 bits per heavy atom. The first kappa shape index (κ1) is 21.7. The quantitative estimate of drug-likeness (QED) is 0.559. The van der Waals surface area contributed by atoms with E-state index in [-0.39, 0.29) is 11.7 Å². The molecule has 0 radical (unpaired) electrons. The first-order valence-corrected chi connectivity index (χ1v) is 11.0. The van der Waals surface area contributed by atoms with Crippen LogP contribution in [0.15, 0.2) is 69.8 Å². The molecule has 3 heterocycles. The molecule has 1 aliphatic heterocycles. The summed E-state index contributed by atoms with van der Waals surface area (Å²) in [6.45, 7) is 5.35. The van der Waals surface area contributed by atoms with Crippen molar-refractivity contribution in [2.24, 2.45) is 4.99 Å². The van der Waals surface area contributed by atoms with Crippen molar-refractivity contribution in [2.45, 2.75) is 32.9 Å².